The van der Waals surface area contributed by atoms with E-state index >= 15 is 0 Å². The van der Waals surface area contributed by atoms with E-state index in [1.807, 2.05) is 25.9 Å². The molecule has 36 heavy (non-hydrogen) atoms. The van der Waals surface area contributed by atoms with Gasteiger partial charge < -0.3 is 4.90 Å². The number of aromatic nitrogens is 1. The minimum atomic E-state index is -3.72. The lowest BCUT2D eigenvalue weighted by molar-refractivity contribution is -0.123. The second kappa shape index (κ2) is 11.5. The maximum absolute atomic E-state index is 13.7. The highest BCUT2D eigenvalue weighted by Gasteiger charge is 2.35. The first-order valence-electron chi connectivity index (χ1n) is 11.7. The lowest BCUT2D eigenvalue weighted by Gasteiger charge is -2.33. The highest BCUT2D eigenvalue weighted by molar-refractivity contribution is 7.89. The summed E-state index contributed by atoms with van der Waals surface area (Å²) >= 11 is 1.52. The van der Waals surface area contributed by atoms with Gasteiger partial charge in [-0.25, -0.2) is 17.8 Å². The molecule has 0 unspecified atom stereocenters. The maximum Gasteiger partial charge on any atom is 0.243 e. The SMILES string of the molecule is Cc1cc(C)c2nc(N(CCN(C)C)C(=O)C3CCN(S(=O)(=O)c4ccc(F)cc4)CC3)sc2c1.Cl. The molecule has 2 heterocycles. The normalized spacial score (nSPS) is 15.3. The zero-order valence-corrected chi connectivity index (χ0v) is 23.3. The Morgan fingerprint density at radius 3 is 2.36 bits per heavy atom. The molecule has 7 nitrogen and oxygen atoms in total. The fraction of sp³-hybridized carbons (Fsp3) is 0.440. The van der Waals surface area contributed by atoms with E-state index in [2.05, 4.69) is 19.1 Å². The molecule has 2 aromatic carbocycles. The van der Waals surface area contributed by atoms with E-state index < -0.39 is 15.8 Å². The predicted octanol–water partition coefficient (Wildman–Crippen LogP) is 4.47. The molecule has 1 aromatic heterocycles. The summed E-state index contributed by atoms with van der Waals surface area (Å²) in [5.74, 6) is -0.781. The van der Waals surface area contributed by atoms with Crippen LogP contribution in [0.2, 0.25) is 0 Å². The number of aryl methyl sites for hydroxylation is 2. The lowest BCUT2D eigenvalue weighted by atomic mass is 9.96. The van der Waals surface area contributed by atoms with Crippen molar-refractivity contribution in [1.29, 1.82) is 0 Å². The summed E-state index contributed by atoms with van der Waals surface area (Å²) in [6.45, 7) is 5.78. The third-order valence-electron chi connectivity index (χ3n) is 6.34. The number of carbonyl (C=O) groups excluding carboxylic acids is 1. The number of hydrogen-bond donors (Lipinski definition) is 0. The molecule has 0 aliphatic carbocycles. The van der Waals surface area contributed by atoms with Crippen LogP contribution in [0.25, 0.3) is 10.2 Å². The van der Waals surface area contributed by atoms with Crippen molar-refractivity contribution >= 4 is 55.0 Å². The van der Waals surface area contributed by atoms with Crippen LogP contribution in [0, 0.1) is 25.6 Å². The molecule has 1 aliphatic rings. The van der Waals surface area contributed by atoms with Crippen LogP contribution < -0.4 is 4.90 Å². The van der Waals surface area contributed by atoms with Gasteiger partial charge in [-0.1, -0.05) is 17.4 Å². The second-order valence-electron chi connectivity index (χ2n) is 9.35. The van der Waals surface area contributed by atoms with Crippen molar-refractivity contribution in [2.24, 2.45) is 5.92 Å². The van der Waals surface area contributed by atoms with E-state index in [4.69, 9.17) is 4.98 Å². The zero-order chi connectivity index (χ0) is 25.3. The van der Waals surface area contributed by atoms with E-state index in [0.717, 1.165) is 33.5 Å². The van der Waals surface area contributed by atoms with Gasteiger partial charge in [-0.15, -0.1) is 12.4 Å². The standard InChI is InChI=1S/C25H31FN4O3S2.ClH/c1-17-15-18(2)23-22(16-17)34-25(27-23)30(14-13-28(3)4)24(31)19-9-11-29(12-10-19)35(32,33)21-7-5-20(26)6-8-21;/h5-8,15-16,19H,9-14H2,1-4H3;1H. The number of likely N-dealkylation sites (N-methyl/N-ethyl adjacent to an activating group) is 1. The second-order valence-corrected chi connectivity index (χ2v) is 12.3. The minimum Gasteiger partial charge on any atom is -0.308 e. The molecular formula is C25H32ClFN4O3S2. The summed E-state index contributed by atoms with van der Waals surface area (Å²) in [5.41, 5.74) is 3.16. The molecule has 0 spiro atoms. The van der Waals surface area contributed by atoms with Crippen molar-refractivity contribution in [2.45, 2.75) is 31.6 Å². The Morgan fingerprint density at radius 1 is 1.11 bits per heavy atom. The first-order valence-corrected chi connectivity index (χ1v) is 13.9. The number of benzene rings is 2. The number of rotatable bonds is 7. The highest BCUT2D eigenvalue weighted by Crippen LogP contribution is 2.34. The van der Waals surface area contributed by atoms with Crippen LogP contribution in [0.15, 0.2) is 41.3 Å². The van der Waals surface area contributed by atoms with Crippen LogP contribution in [0.1, 0.15) is 24.0 Å². The Kier molecular flexibility index (Phi) is 9.11. The van der Waals surface area contributed by atoms with Crippen LogP contribution in [-0.4, -0.2) is 68.8 Å². The van der Waals surface area contributed by atoms with E-state index in [-0.39, 0.29) is 42.2 Å². The van der Waals surface area contributed by atoms with Gasteiger partial charge in [0.15, 0.2) is 5.13 Å². The zero-order valence-electron chi connectivity index (χ0n) is 20.9. The number of hydrogen-bond acceptors (Lipinski definition) is 6. The van der Waals surface area contributed by atoms with Gasteiger partial charge in [-0.05, 0) is 82.2 Å². The fourth-order valence-corrected chi connectivity index (χ4v) is 7.04. The van der Waals surface area contributed by atoms with Crippen molar-refractivity contribution in [3.8, 4) is 0 Å². The first-order chi connectivity index (χ1) is 16.6. The van der Waals surface area contributed by atoms with E-state index in [1.165, 1.54) is 27.8 Å². The molecule has 1 aliphatic heterocycles. The van der Waals surface area contributed by atoms with Gasteiger partial charge in [0.25, 0.3) is 0 Å². The molecule has 0 N–H and O–H groups in total. The van der Waals surface area contributed by atoms with Crippen LogP contribution >= 0.6 is 23.7 Å². The van der Waals surface area contributed by atoms with Crippen LogP contribution in [0.3, 0.4) is 0 Å². The molecule has 0 bridgehead atoms. The average molecular weight is 555 g/mol. The Labute approximate surface area is 222 Å². The number of fused-ring (bicyclic) bond motifs is 1. The summed E-state index contributed by atoms with van der Waals surface area (Å²) in [5, 5.41) is 0.682. The molecule has 196 valence electrons. The summed E-state index contributed by atoms with van der Waals surface area (Å²) in [6.07, 6.45) is 0.863. The number of sulfonamides is 1. The van der Waals surface area contributed by atoms with Crippen molar-refractivity contribution in [3.63, 3.8) is 0 Å². The molecule has 11 heteroatoms. The van der Waals surface area contributed by atoms with Gasteiger partial charge in [0.05, 0.1) is 15.1 Å². The minimum absolute atomic E-state index is 0. The number of anilines is 1. The Bertz CT molecular complexity index is 1320. The van der Waals surface area contributed by atoms with Crippen LogP contribution in [-0.2, 0) is 14.8 Å². The summed E-state index contributed by atoms with van der Waals surface area (Å²) < 4.78 is 41.6. The van der Waals surface area contributed by atoms with E-state index in [9.17, 15) is 17.6 Å². The number of carbonyl (C=O) groups is 1. The Morgan fingerprint density at radius 2 is 1.75 bits per heavy atom. The van der Waals surface area contributed by atoms with Gasteiger partial charge in [0.2, 0.25) is 15.9 Å². The highest BCUT2D eigenvalue weighted by atomic mass is 35.5. The third kappa shape index (κ3) is 6.06. The third-order valence-corrected chi connectivity index (χ3v) is 9.28. The average Bonchev–Trinajstić information content (AvgIpc) is 3.23. The number of halogens is 2. The van der Waals surface area contributed by atoms with E-state index in [0.29, 0.717) is 31.1 Å². The number of thiazole rings is 1. The number of nitrogens with zero attached hydrogens (tertiary/aromatic N) is 4. The molecule has 1 amide bonds. The molecule has 3 aromatic rings. The summed E-state index contributed by atoms with van der Waals surface area (Å²) in [6, 6.07) is 9.04. The largest absolute Gasteiger partial charge is 0.308 e. The molecular weight excluding hydrogens is 523 g/mol. The summed E-state index contributed by atoms with van der Waals surface area (Å²) in [7, 11) is 0.208. The van der Waals surface area contributed by atoms with Crippen LogP contribution in [0.4, 0.5) is 9.52 Å². The Balaban J connectivity index is 0.00000361. The number of amides is 1. The van der Waals surface area contributed by atoms with E-state index in [1.54, 1.807) is 4.90 Å². The smallest absolute Gasteiger partial charge is 0.243 e. The molecule has 0 atom stereocenters. The number of piperidine rings is 1. The first kappa shape index (κ1) is 28.5. The van der Waals surface area contributed by atoms with Crippen molar-refractivity contribution in [1.82, 2.24) is 14.2 Å². The summed E-state index contributed by atoms with van der Waals surface area (Å²) in [4.78, 5) is 22.4. The van der Waals surface area contributed by atoms with Crippen LogP contribution in [0.5, 0.6) is 0 Å². The molecule has 0 radical (unpaired) electrons. The van der Waals surface area contributed by atoms with Gasteiger partial charge in [-0.2, -0.15) is 4.31 Å². The van der Waals surface area contributed by atoms with Crippen molar-refractivity contribution in [3.05, 3.63) is 53.3 Å². The predicted molar refractivity (Wildman–Crippen MR) is 145 cm³/mol. The molecule has 1 fully saturated rings. The quantitative estimate of drug-likeness (QED) is 0.431. The van der Waals surface area contributed by atoms with Gasteiger partial charge >= 0.3 is 0 Å². The fourth-order valence-electron chi connectivity index (χ4n) is 4.39. The molecule has 1 saturated heterocycles. The van der Waals surface area contributed by atoms with Gasteiger partial charge in [0, 0.05) is 32.1 Å². The lowest BCUT2D eigenvalue weighted by Crippen LogP contribution is -2.46. The van der Waals surface area contributed by atoms with Gasteiger partial charge in [0.1, 0.15) is 5.82 Å². The van der Waals surface area contributed by atoms with Gasteiger partial charge in [-0.3, -0.25) is 9.69 Å². The topological polar surface area (TPSA) is 73.8 Å². The monoisotopic (exact) mass is 554 g/mol. The maximum atomic E-state index is 13.7. The van der Waals surface area contributed by atoms with Crippen molar-refractivity contribution < 1.29 is 17.6 Å². The Hall–Kier alpha value is -2.11. The van der Waals surface area contributed by atoms with Crippen molar-refractivity contribution in [2.75, 3.05) is 45.2 Å². The molecule has 4 rings (SSSR count). The molecule has 0 saturated carbocycles.